The molecule has 124 valence electrons. The molecule has 0 saturated heterocycles. The largest absolute Gasteiger partial charge is 0.462 e. The van der Waals surface area contributed by atoms with Crippen molar-refractivity contribution in [2.75, 3.05) is 0 Å². The molecule has 1 saturated carbocycles. The van der Waals surface area contributed by atoms with Crippen molar-refractivity contribution in [3.63, 3.8) is 0 Å². The van der Waals surface area contributed by atoms with Gasteiger partial charge in [0.05, 0.1) is 5.92 Å². The van der Waals surface area contributed by atoms with Crippen molar-refractivity contribution in [1.29, 1.82) is 0 Å². The van der Waals surface area contributed by atoms with E-state index in [1.54, 1.807) is 0 Å². The van der Waals surface area contributed by atoms with Gasteiger partial charge in [0.25, 0.3) is 0 Å². The van der Waals surface area contributed by atoms with Gasteiger partial charge in [0.1, 0.15) is 12.1 Å². The summed E-state index contributed by atoms with van der Waals surface area (Å²) in [6, 6.07) is -2.13. The number of carbonyl (C=O) groups is 1. The van der Waals surface area contributed by atoms with E-state index in [1.807, 2.05) is 0 Å². The average molecular weight is 309 g/mol. The third-order valence-corrected chi connectivity index (χ3v) is 3.79. The Morgan fingerprint density at radius 3 is 2.29 bits per heavy atom. The number of carbonyl (C=O) groups excluding carboxylic acids is 1. The lowest BCUT2D eigenvalue weighted by Gasteiger charge is -2.24. The SMILES string of the molecule is CCCCCCCC[C@H](C(=O)OC1CC1)[C@H](N)C(F)(F)F. The molecule has 0 unspecified atom stereocenters. The van der Waals surface area contributed by atoms with Crippen LogP contribution in [-0.4, -0.2) is 24.3 Å². The molecule has 0 aromatic rings. The summed E-state index contributed by atoms with van der Waals surface area (Å²) in [5.74, 6) is -2.05. The number of alkyl halides is 3. The number of hydrogen-bond acceptors (Lipinski definition) is 3. The molecular weight excluding hydrogens is 283 g/mol. The van der Waals surface area contributed by atoms with Gasteiger partial charge in [-0.1, -0.05) is 45.4 Å². The summed E-state index contributed by atoms with van der Waals surface area (Å²) in [5.41, 5.74) is 5.23. The molecule has 0 aliphatic heterocycles. The topological polar surface area (TPSA) is 52.3 Å². The fourth-order valence-electron chi connectivity index (χ4n) is 2.25. The Bertz CT molecular complexity index is 317. The van der Waals surface area contributed by atoms with Crippen LogP contribution in [-0.2, 0) is 9.53 Å². The Kier molecular flexibility index (Phi) is 7.49. The number of halogens is 3. The second-order valence-corrected chi connectivity index (χ2v) is 5.87. The van der Waals surface area contributed by atoms with Gasteiger partial charge in [-0.2, -0.15) is 13.2 Å². The molecule has 3 nitrogen and oxygen atoms in total. The molecule has 1 rings (SSSR count). The molecule has 2 atom stereocenters. The van der Waals surface area contributed by atoms with Crippen LogP contribution < -0.4 is 5.73 Å². The second-order valence-electron chi connectivity index (χ2n) is 5.87. The highest BCUT2D eigenvalue weighted by Crippen LogP contribution is 2.31. The van der Waals surface area contributed by atoms with Gasteiger partial charge in [-0.05, 0) is 19.3 Å². The van der Waals surface area contributed by atoms with Gasteiger partial charge in [0.2, 0.25) is 0 Å². The summed E-state index contributed by atoms with van der Waals surface area (Å²) in [6.45, 7) is 2.10. The van der Waals surface area contributed by atoms with E-state index in [9.17, 15) is 18.0 Å². The van der Waals surface area contributed by atoms with E-state index in [2.05, 4.69) is 6.92 Å². The summed E-state index contributed by atoms with van der Waals surface area (Å²) in [4.78, 5) is 11.8. The zero-order chi connectivity index (χ0) is 15.9. The molecule has 0 heterocycles. The predicted molar refractivity (Wildman–Crippen MR) is 74.6 cm³/mol. The highest BCUT2D eigenvalue weighted by atomic mass is 19.4. The van der Waals surface area contributed by atoms with E-state index in [4.69, 9.17) is 10.5 Å². The van der Waals surface area contributed by atoms with Crippen molar-refractivity contribution < 1.29 is 22.7 Å². The van der Waals surface area contributed by atoms with Crippen LogP contribution in [0, 0.1) is 5.92 Å². The highest BCUT2D eigenvalue weighted by molar-refractivity contribution is 5.73. The van der Waals surface area contributed by atoms with Gasteiger partial charge < -0.3 is 10.5 Å². The van der Waals surface area contributed by atoms with Crippen molar-refractivity contribution in [3.8, 4) is 0 Å². The molecule has 6 heteroatoms. The number of ether oxygens (including phenoxy) is 1. The highest BCUT2D eigenvalue weighted by Gasteiger charge is 2.46. The summed E-state index contributed by atoms with van der Waals surface area (Å²) >= 11 is 0. The number of nitrogens with two attached hydrogens (primary N) is 1. The molecule has 1 aliphatic carbocycles. The molecule has 1 aliphatic rings. The van der Waals surface area contributed by atoms with Crippen LogP contribution in [0.5, 0.6) is 0 Å². The minimum Gasteiger partial charge on any atom is -0.462 e. The van der Waals surface area contributed by atoms with Crippen LogP contribution in [0.2, 0.25) is 0 Å². The summed E-state index contributed by atoms with van der Waals surface area (Å²) in [7, 11) is 0. The van der Waals surface area contributed by atoms with Gasteiger partial charge >= 0.3 is 12.1 Å². The van der Waals surface area contributed by atoms with E-state index < -0.39 is 24.1 Å². The number of esters is 1. The summed E-state index contributed by atoms with van der Waals surface area (Å²) in [6.07, 6.45) is 2.63. The van der Waals surface area contributed by atoms with Gasteiger partial charge in [-0.25, -0.2) is 0 Å². The number of rotatable bonds is 10. The normalized spacial score (nSPS) is 18.3. The Hall–Kier alpha value is -0.780. The number of unbranched alkanes of at least 4 members (excludes halogenated alkanes) is 5. The van der Waals surface area contributed by atoms with Crippen molar-refractivity contribution in [2.24, 2.45) is 11.7 Å². The molecule has 1 fully saturated rings. The van der Waals surface area contributed by atoms with E-state index in [0.29, 0.717) is 6.42 Å². The van der Waals surface area contributed by atoms with E-state index in [0.717, 1.165) is 44.9 Å². The zero-order valence-corrected chi connectivity index (χ0v) is 12.6. The quantitative estimate of drug-likeness (QED) is 0.491. The van der Waals surface area contributed by atoms with Crippen molar-refractivity contribution in [2.45, 2.75) is 83.0 Å². The molecule has 0 bridgehead atoms. The first kappa shape index (κ1) is 18.3. The third kappa shape index (κ3) is 7.16. The Morgan fingerprint density at radius 2 is 1.76 bits per heavy atom. The monoisotopic (exact) mass is 309 g/mol. The number of hydrogen-bond donors (Lipinski definition) is 1. The van der Waals surface area contributed by atoms with Gasteiger partial charge in [0, 0.05) is 0 Å². The zero-order valence-electron chi connectivity index (χ0n) is 12.6. The van der Waals surface area contributed by atoms with E-state index in [-0.39, 0.29) is 12.5 Å². The fraction of sp³-hybridized carbons (Fsp3) is 0.933. The first-order valence-corrected chi connectivity index (χ1v) is 7.89. The molecule has 0 aromatic carbocycles. The lowest BCUT2D eigenvalue weighted by Crippen LogP contribution is -2.47. The lowest BCUT2D eigenvalue weighted by atomic mass is 9.93. The van der Waals surface area contributed by atoms with Crippen molar-refractivity contribution in [3.05, 3.63) is 0 Å². The minimum atomic E-state index is -4.56. The van der Waals surface area contributed by atoms with E-state index in [1.165, 1.54) is 0 Å². The summed E-state index contributed by atoms with van der Waals surface area (Å²) < 4.78 is 43.3. The Morgan fingerprint density at radius 1 is 1.19 bits per heavy atom. The maximum Gasteiger partial charge on any atom is 0.404 e. The smallest absolute Gasteiger partial charge is 0.404 e. The van der Waals surface area contributed by atoms with Crippen LogP contribution in [0.4, 0.5) is 13.2 Å². The predicted octanol–water partition coefficient (Wildman–Crippen LogP) is 3.95. The molecule has 0 spiro atoms. The minimum absolute atomic E-state index is 0.151. The van der Waals surface area contributed by atoms with Gasteiger partial charge in [-0.15, -0.1) is 0 Å². The molecule has 0 aromatic heterocycles. The standard InChI is InChI=1S/C15H26F3NO2/c1-2-3-4-5-6-7-8-12(13(19)15(16,17)18)14(20)21-11-9-10-11/h11-13H,2-10,19H2,1H3/t12-,13-/m0/s1. The third-order valence-electron chi connectivity index (χ3n) is 3.79. The Labute approximate surface area is 124 Å². The maximum atomic E-state index is 12.8. The van der Waals surface area contributed by atoms with E-state index >= 15 is 0 Å². The Balaban J connectivity index is 2.41. The van der Waals surface area contributed by atoms with Crippen LogP contribution in [0.25, 0.3) is 0 Å². The van der Waals surface area contributed by atoms with Gasteiger partial charge in [0.15, 0.2) is 0 Å². The van der Waals surface area contributed by atoms with Gasteiger partial charge in [-0.3, -0.25) is 4.79 Å². The molecule has 21 heavy (non-hydrogen) atoms. The average Bonchev–Trinajstić information content (AvgIpc) is 3.20. The van der Waals surface area contributed by atoms with Crippen molar-refractivity contribution >= 4 is 5.97 Å². The first-order valence-electron chi connectivity index (χ1n) is 7.89. The fourth-order valence-corrected chi connectivity index (χ4v) is 2.25. The first-order chi connectivity index (χ1) is 9.86. The summed E-state index contributed by atoms with van der Waals surface area (Å²) in [5, 5.41) is 0. The molecule has 0 radical (unpaired) electrons. The van der Waals surface area contributed by atoms with Crippen LogP contribution >= 0.6 is 0 Å². The maximum absolute atomic E-state index is 12.8. The lowest BCUT2D eigenvalue weighted by molar-refractivity contribution is -0.177. The molecular formula is C15H26F3NO2. The second kappa shape index (κ2) is 8.61. The van der Waals surface area contributed by atoms with Crippen LogP contribution in [0.15, 0.2) is 0 Å². The van der Waals surface area contributed by atoms with Crippen LogP contribution in [0.1, 0.15) is 64.7 Å². The van der Waals surface area contributed by atoms with Crippen molar-refractivity contribution in [1.82, 2.24) is 0 Å². The molecule has 0 amide bonds. The van der Waals surface area contributed by atoms with Crippen LogP contribution in [0.3, 0.4) is 0 Å². The molecule has 2 N–H and O–H groups in total.